The standard InChI is InChI=1S/C29H32FN3O3S/c1-18-16-25(22-8-6-7-9-24(22)30)32-31-19(2)29(14-12-23(18)28(29,3)4)27(34)33-15-13-20-17-21(37(5,35)36)10-11-26(20)33/h6-11,16-18,23H,2,12-15H2,1,3-5H3/b25-16-,32-31-/t18?,23-,29?/m1/s1. The molecule has 1 fully saturated rings. The lowest BCUT2D eigenvalue weighted by Crippen LogP contribution is -2.51. The molecule has 2 bridgehead atoms. The second-order valence-corrected chi connectivity index (χ2v) is 13.1. The number of amides is 1. The number of azo groups is 1. The number of hydrogen-bond donors (Lipinski definition) is 0. The second-order valence-electron chi connectivity index (χ2n) is 11.1. The van der Waals surface area contributed by atoms with Crippen LogP contribution < -0.4 is 4.90 Å². The van der Waals surface area contributed by atoms with Crippen LogP contribution in [0.25, 0.3) is 5.70 Å². The fourth-order valence-corrected chi connectivity index (χ4v) is 7.45. The lowest BCUT2D eigenvalue weighted by molar-refractivity contribution is -0.131. The van der Waals surface area contributed by atoms with Gasteiger partial charge in [-0.2, -0.15) is 10.2 Å². The van der Waals surface area contributed by atoms with Gasteiger partial charge in [-0.05, 0) is 72.4 Å². The van der Waals surface area contributed by atoms with Crippen molar-refractivity contribution < 1.29 is 17.6 Å². The normalized spacial score (nSPS) is 29.1. The molecule has 0 aromatic heterocycles. The molecular weight excluding hydrogens is 489 g/mol. The van der Waals surface area contributed by atoms with E-state index in [-0.39, 0.29) is 28.5 Å². The number of rotatable bonds is 3. The third kappa shape index (κ3) is 3.88. The zero-order chi connectivity index (χ0) is 26.8. The fraction of sp³-hybridized carbons (Fsp3) is 0.414. The third-order valence-electron chi connectivity index (χ3n) is 8.82. The molecule has 2 aliphatic heterocycles. The van der Waals surface area contributed by atoms with Crippen molar-refractivity contribution in [2.75, 3.05) is 17.7 Å². The van der Waals surface area contributed by atoms with Crippen LogP contribution in [0.15, 0.2) is 75.9 Å². The lowest BCUT2D eigenvalue weighted by Gasteiger charge is -2.45. The summed E-state index contributed by atoms with van der Waals surface area (Å²) in [4.78, 5) is 16.5. The zero-order valence-corrected chi connectivity index (χ0v) is 22.5. The first-order valence-corrected chi connectivity index (χ1v) is 14.5. The maximum atomic E-state index is 14.7. The summed E-state index contributed by atoms with van der Waals surface area (Å²) in [5, 5.41) is 8.92. The van der Waals surface area contributed by atoms with Gasteiger partial charge in [-0.1, -0.05) is 45.6 Å². The Morgan fingerprint density at radius 3 is 2.59 bits per heavy atom. The number of nitrogens with zero attached hydrogens (tertiary/aromatic N) is 3. The average molecular weight is 522 g/mol. The molecule has 194 valence electrons. The third-order valence-corrected chi connectivity index (χ3v) is 9.93. The van der Waals surface area contributed by atoms with E-state index in [1.165, 1.54) is 12.3 Å². The Morgan fingerprint density at radius 2 is 1.89 bits per heavy atom. The molecule has 2 unspecified atom stereocenters. The van der Waals surface area contributed by atoms with Gasteiger partial charge >= 0.3 is 0 Å². The molecule has 8 heteroatoms. The van der Waals surface area contributed by atoms with Gasteiger partial charge < -0.3 is 4.90 Å². The summed E-state index contributed by atoms with van der Waals surface area (Å²) in [6, 6.07) is 11.4. The van der Waals surface area contributed by atoms with Crippen molar-refractivity contribution in [1.82, 2.24) is 0 Å². The molecule has 1 amide bonds. The maximum Gasteiger partial charge on any atom is 0.239 e. The van der Waals surface area contributed by atoms with Crippen LogP contribution in [0.2, 0.25) is 0 Å². The van der Waals surface area contributed by atoms with Crippen molar-refractivity contribution in [2.24, 2.45) is 32.9 Å². The highest BCUT2D eigenvalue weighted by atomic mass is 32.2. The van der Waals surface area contributed by atoms with Gasteiger partial charge in [0.2, 0.25) is 5.91 Å². The van der Waals surface area contributed by atoms with E-state index >= 15 is 0 Å². The van der Waals surface area contributed by atoms with Crippen LogP contribution >= 0.6 is 0 Å². The van der Waals surface area contributed by atoms with E-state index in [4.69, 9.17) is 0 Å². The molecule has 2 aromatic carbocycles. The van der Waals surface area contributed by atoms with Crippen LogP contribution in [0.5, 0.6) is 0 Å². The fourth-order valence-electron chi connectivity index (χ4n) is 6.77. The number of sulfone groups is 1. The number of benzene rings is 2. The van der Waals surface area contributed by atoms with Gasteiger partial charge in [0.15, 0.2) is 9.84 Å². The minimum absolute atomic E-state index is 0.0207. The molecule has 6 nitrogen and oxygen atoms in total. The molecule has 0 radical (unpaired) electrons. The molecule has 0 saturated heterocycles. The highest BCUT2D eigenvalue weighted by Gasteiger charge is 2.63. The Labute approximate surface area is 217 Å². The van der Waals surface area contributed by atoms with E-state index in [0.29, 0.717) is 36.3 Å². The summed E-state index contributed by atoms with van der Waals surface area (Å²) in [6.07, 6.45) is 5.11. The molecule has 2 heterocycles. The topological polar surface area (TPSA) is 79.2 Å². The number of fused-ring (bicyclic) bond motifs is 3. The highest BCUT2D eigenvalue weighted by molar-refractivity contribution is 7.90. The van der Waals surface area contributed by atoms with Crippen LogP contribution in [0.1, 0.15) is 44.7 Å². The largest absolute Gasteiger partial charge is 0.311 e. The Hall–Kier alpha value is -3.13. The number of anilines is 1. The maximum absolute atomic E-state index is 14.7. The molecule has 2 aromatic rings. The molecule has 5 rings (SSSR count). The molecule has 0 N–H and O–H groups in total. The van der Waals surface area contributed by atoms with Crippen molar-refractivity contribution >= 4 is 27.1 Å². The Balaban J connectivity index is 1.58. The van der Waals surface area contributed by atoms with Gasteiger partial charge in [0.05, 0.1) is 21.7 Å². The van der Waals surface area contributed by atoms with Crippen LogP contribution in [0, 0.1) is 28.5 Å². The minimum atomic E-state index is -3.35. The first-order valence-electron chi connectivity index (χ1n) is 12.6. The molecule has 1 saturated carbocycles. The van der Waals surface area contributed by atoms with Crippen molar-refractivity contribution in [3.8, 4) is 0 Å². The van der Waals surface area contributed by atoms with E-state index in [1.54, 1.807) is 41.3 Å². The molecule has 3 aliphatic rings. The summed E-state index contributed by atoms with van der Waals surface area (Å²) >= 11 is 0. The van der Waals surface area contributed by atoms with Crippen LogP contribution in [0.3, 0.4) is 0 Å². The van der Waals surface area contributed by atoms with Gasteiger partial charge in [0.25, 0.3) is 0 Å². The SMILES string of the molecule is C=C1/N=N\C(c2ccccc2F)=C/C(C)[C@H]2CCC1(C(=O)N1CCc3cc(S(C)(=O)=O)ccc31)C2(C)C. The van der Waals surface area contributed by atoms with Gasteiger partial charge in [0, 0.05) is 24.1 Å². The predicted octanol–water partition coefficient (Wildman–Crippen LogP) is 6.20. The van der Waals surface area contributed by atoms with E-state index in [2.05, 4.69) is 37.6 Å². The molecule has 1 aliphatic carbocycles. The predicted molar refractivity (Wildman–Crippen MR) is 142 cm³/mol. The first-order chi connectivity index (χ1) is 17.4. The minimum Gasteiger partial charge on any atom is -0.311 e. The number of carbonyl (C=O) groups excluding carboxylic acids is 1. The smallest absolute Gasteiger partial charge is 0.239 e. The van der Waals surface area contributed by atoms with Crippen molar-refractivity contribution in [2.45, 2.75) is 44.9 Å². The number of allylic oxidation sites excluding steroid dienone is 1. The summed E-state index contributed by atoms with van der Waals surface area (Å²) in [7, 11) is -3.35. The van der Waals surface area contributed by atoms with Crippen LogP contribution in [0.4, 0.5) is 10.1 Å². The quantitative estimate of drug-likeness (QED) is 0.483. The van der Waals surface area contributed by atoms with Crippen molar-refractivity contribution in [3.63, 3.8) is 0 Å². The van der Waals surface area contributed by atoms with Crippen LogP contribution in [-0.4, -0.2) is 27.1 Å². The summed E-state index contributed by atoms with van der Waals surface area (Å²) in [6.45, 7) is 11.0. The number of hydrogen-bond acceptors (Lipinski definition) is 5. The van der Waals surface area contributed by atoms with E-state index in [9.17, 15) is 17.6 Å². The van der Waals surface area contributed by atoms with Gasteiger partial charge in [-0.3, -0.25) is 4.79 Å². The summed E-state index contributed by atoms with van der Waals surface area (Å²) < 4.78 is 38.8. The monoisotopic (exact) mass is 521 g/mol. The van der Waals surface area contributed by atoms with E-state index < -0.39 is 20.7 Å². The average Bonchev–Trinajstić information content (AvgIpc) is 3.39. The van der Waals surface area contributed by atoms with Gasteiger partial charge in [-0.25, -0.2) is 12.8 Å². The van der Waals surface area contributed by atoms with E-state index in [0.717, 1.165) is 17.7 Å². The molecule has 3 atom stereocenters. The lowest BCUT2D eigenvalue weighted by atomic mass is 9.60. The summed E-state index contributed by atoms with van der Waals surface area (Å²) in [5.74, 6) is -0.320. The van der Waals surface area contributed by atoms with Gasteiger partial charge in [-0.15, -0.1) is 0 Å². The Morgan fingerprint density at radius 1 is 1.16 bits per heavy atom. The number of halogens is 1. The molecule has 37 heavy (non-hydrogen) atoms. The number of carbonyl (C=O) groups is 1. The highest BCUT2D eigenvalue weighted by Crippen LogP contribution is 2.63. The summed E-state index contributed by atoms with van der Waals surface area (Å²) in [5.41, 5.74) is 1.26. The van der Waals surface area contributed by atoms with E-state index in [1.807, 2.05) is 6.08 Å². The second kappa shape index (κ2) is 8.72. The molecule has 0 spiro atoms. The van der Waals surface area contributed by atoms with Crippen molar-refractivity contribution in [1.29, 1.82) is 0 Å². The van der Waals surface area contributed by atoms with Crippen LogP contribution in [-0.2, 0) is 21.1 Å². The Bertz CT molecular complexity index is 1480. The molecular formula is C29H32FN3O3S. The Kier molecular flexibility index (Phi) is 6.01. The zero-order valence-electron chi connectivity index (χ0n) is 21.7. The van der Waals surface area contributed by atoms with Gasteiger partial charge in [0.1, 0.15) is 5.82 Å². The first kappa shape index (κ1) is 25.5. The van der Waals surface area contributed by atoms with Crippen molar-refractivity contribution in [3.05, 3.63) is 77.8 Å².